The van der Waals surface area contributed by atoms with Crippen LogP contribution in [0.5, 0.6) is 5.75 Å². The van der Waals surface area contributed by atoms with Crippen LogP contribution >= 0.6 is 0 Å². The number of carbonyl (C=O) groups is 1. The molecule has 1 atom stereocenters. The number of hydrogen-bond acceptors (Lipinski definition) is 3. The van der Waals surface area contributed by atoms with Crippen molar-refractivity contribution in [3.05, 3.63) is 24.3 Å². The van der Waals surface area contributed by atoms with Gasteiger partial charge in [0.15, 0.2) is 0 Å². The fourth-order valence-corrected chi connectivity index (χ4v) is 2.50. The molecule has 0 saturated heterocycles. The first-order chi connectivity index (χ1) is 9.75. The van der Waals surface area contributed by atoms with Crippen LogP contribution in [0.15, 0.2) is 24.3 Å². The van der Waals surface area contributed by atoms with E-state index in [1.807, 2.05) is 0 Å². The molecule has 1 amide bonds. The van der Waals surface area contributed by atoms with Crippen molar-refractivity contribution in [3.63, 3.8) is 0 Å². The molecule has 21 heavy (non-hydrogen) atoms. The van der Waals surface area contributed by atoms with Gasteiger partial charge in [-0.25, -0.2) is 0 Å². The Hall–Kier alpha value is -1.55. The molecule has 1 aromatic rings. The highest BCUT2D eigenvalue weighted by Gasteiger charge is 2.25. The highest BCUT2D eigenvalue weighted by molar-refractivity contribution is 5.92. The van der Waals surface area contributed by atoms with Crippen molar-refractivity contribution in [3.8, 4) is 5.75 Å². The van der Waals surface area contributed by atoms with E-state index in [1.165, 1.54) is 0 Å². The number of phenols is 1. The molecule has 0 fully saturated rings. The van der Waals surface area contributed by atoms with Gasteiger partial charge in [-0.2, -0.15) is 0 Å². The molecule has 0 aliphatic carbocycles. The van der Waals surface area contributed by atoms with E-state index in [0.29, 0.717) is 18.9 Å². The third kappa shape index (κ3) is 5.38. The predicted molar refractivity (Wildman–Crippen MR) is 87.4 cm³/mol. The molecule has 0 saturated carbocycles. The summed E-state index contributed by atoms with van der Waals surface area (Å²) < 4.78 is 0. The van der Waals surface area contributed by atoms with Gasteiger partial charge in [0.25, 0.3) is 0 Å². The molecule has 1 unspecified atom stereocenters. The van der Waals surface area contributed by atoms with E-state index >= 15 is 0 Å². The van der Waals surface area contributed by atoms with Crippen LogP contribution in [0.2, 0.25) is 0 Å². The Labute approximate surface area is 128 Å². The molecule has 4 nitrogen and oxygen atoms in total. The maximum absolute atomic E-state index is 12.3. The first kappa shape index (κ1) is 17.5. The van der Waals surface area contributed by atoms with Gasteiger partial charge in [-0.15, -0.1) is 0 Å². The summed E-state index contributed by atoms with van der Waals surface area (Å²) in [6.45, 7) is 7.24. The van der Waals surface area contributed by atoms with Gasteiger partial charge in [0.05, 0.1) is 0 Å². The number of phenolic OH excluding ortho intramolecular Hbond substituents is 1. The molecule has 0 radical (unpaired) electrons. The smallest absolute Gasteiger partial charge is 0.226 e. The lowest BCUT2D eigenvalue weighted by Gasteiger charge is -2.31. The summed E-state index contributed by atoms with van der Waals surface area (Å²) in [5.74, 6) is 0.738. The molecule has 3 N–H and O–H groups in total. The van der Waals surface area contributed by atoms with Crippen LogP contribution < -0.4 is 10.6 Å². The van der Waals surface area contributed by atoms with Gasteiger partial charge in [-0.1, -0.05) is 20.8 Å². The minimum Gasteiger partial charge on any atom is -0.508 e. The lowest BCUT2D eigenvalue weighted by Crippen LogP contribution is -2.29. The van der Waals surface area contributed by atoms with Crippen LogP contribution in [0.25, 0.3) is 0 Å². The number of nitrogens with two attached hydrogens (primary N) is 1. The maximum atomic E-state index is 12.3. The van der Waals surface area contributed by atoms with Crippen LogP contribution in [0, 0.1) is 11.3 Å². The van der Waals surface area contributed by atoms with Crippen molar-refractivity contribution in [2.24, 2.45) is 17.1 Å². The summed E-state index contributed by atoms with van der Waals surface area (Å²) in [5, 5.41) is 9.29. The van der Waals surface area contributed by atoms with E-state index in [2.05, 4.69) is 20.8 Å². The fourth-order valence-electron chi connectivity index (χ4n) is 2.50. The molecule has 0 spiro atoms. The van der Waals surface area contributed by atoms with Crippen molar-refractivity contribution in [1.82, 2.24) is 0 Å². The molecule has 0 aliphatic rings. The molecule has 1 aromatic carbocycles. The fraction of sp³-hybridized carbons (Fsp3) is 0.588. The van der Waals surface area contributed by atoms with Gasteiger partial charge >= 0.3 is 0 Å². The lowest BCUT2D eigenvalue weighted by atomic mass is 9.76. The maximum Gasteiger partial charge on any atom is 0.226 e. The highest BCUT2D eigenvalue weighted by Crippen LogP contribution is 2.32. The number of carbonyl (C=O) groups excluding carboxylic acids is 1. The highest BCUT2D eigenvalue weighted by atomic mass is 16.3. The van der Waals surface area contributed by atoms with Crippen LogP contribution in [-0.4, -0.2) is 24.6 Å². The van der Waals surface area contributed by atoms with E-state index in [4.69, 9.17) is 5.73 Å². The van der Waals surface area contributed by atoms with Gasteiger partial charge in [0.2, 0.25) is 5.91 Å². The number of hydrogen-bond donors (Lipinski definition) is 2. The molecular weight excluding hydrogens is 264 g/mol. The van der Waals surface area contributed by atoms with Crippen LogP contribution in [0.1, 0.15) is 40.0 Å². The minimum atomic E-state index is 0.0898. The topological polar surface area (TPSA) is 66.6 Å². The zero-order chi connectivity index (χ0) is 16.0. The second-order valence-corrected chi connectivity index (χ2v) is 6.65. The quantitative estimate of drug-likeness (QED) is 0.846. The number of aromatic hydroxyl groups is 1. The average Bonchev–Trinajstić information content (AvgIpc) is 2.42. The van der Waals surface area contributed by atoms with Crippen molar-refractivity contribution in [2.45, 2.75) is 40.0 Å². The Bertz CT molecular complexity index is 449. The Balaban J connectivity index is 2.61. The van der Waals surface area contributed by atoms with Crippen molar-refractivity contribution in [2.75, 3.05) is 18.5 Å². The molecule has 0 aliphatic heterocycles. The summed E-state index contributed by atoms with van der Waals surface area (Å²) in [7, 11) is 1.77. The van der Waals surface area contributed by atoms with Crippen LogP contribution in [-0.2, 0) is 4.79 Å². The normalized spacial score (nSPS) is 13.0. The SMILES string of the molecule is CN(C(=O)CCC(CCN)C(C)(C)C)c1ccc(O)cc1. The van der Waals surface area contributed by atoms with Crippen molar-refractivity contribution < 1.29 is 9.90 Å². The Morgan fingerprint density at radius 3 is 2.29 bits per heavy atom. The number of nitrogens with zero attached hydrogens (tertiary/aromatic N) is 1. The van der Waals surface area contributed by atoms with Crippen molar-refractivity contribution in [1.29, 1.82) is 0 Å². The van der Waals surface area contributed by atoms with Gasteiger partial charge in [0, 0.05) is 19.2 Å². The first-order valence-corrected chi connectivity index (χ1v) is 7.51. The third-order valence-electron chi connectivity index (χ3n) is 4.06. The molecule has 1 rings (SSSR count). The van der Waals surface area contributed by atoms with Crippen LogP contribution in [0.3, 0.4) is 0 Å². The van der Waals surface area contributed by atoms with E-state index < -0.39 is 0 Å². The van der Waals surface area contributed by atoms with Crippen molar-refractivity contribution >= 4 is 11.6 Å². The average molecular weight is 292 g/mol. The molecular formula is C17H28N2O2. The standard InChI is InChI=1S/C17H28N2O2/c1-17(2,3)13(11-12-18)5-10-16(21)19(4)14-6-8-15(20)9-7-14/h6-9,13,20H,5,10-12,18H2,1-4H3. The number of anilines is 1. The molecule has 4 heteroatoms. The second kappa shape index (κ2) is 7.46. The third-order valence-corrected chi connectivity index (χ3v) is 4.06. The summed E-state index contributed by atoms with van der Waals surface area (Å²) in [6.07, 6.45) is 2.31. The number of amides is 1. The van der Waals surface area contributed by atoms with Gasteiger partial charge < -0.3 is 15.7 Å². The first-order valence-electron chi connectivity index (χ1n) is 7.51. The summed E-state index contributed by atoms with van der Waals surface area (Å²) in [4.78, 5) is 13.9. The van der Waals surface area contributed by atoms with Crippen LogP contribution in [0.4, 0.5) is 5.69 Å². The van der Waals surface area contributed by atoms with E-state index in [-0.39, 0.29) is 17.1 Å². The van der Waals surface area contributed by atoms with E-state index in [9.17, 15) is 9.90 Å². The Morgan fingerprint density at radius 1 is 1.24 bits per heavy atom. The zero-order valence-electron chi connectivity index (χ0n) is 13.6. The molecule has 0 bridgehead atoms. The van der Waals surface area contributed by atoms with E-state index in [0.717, 1.165) is 18.5 Å². The van der Waals surface area contributed by atoms with E-state index in [1.54, 1.807) is 36.2 Å². The van der Waals surface area contributed by atoms with Gasteiger partial charge in [-0.3, -0.25) is 4.79 Å². The predicted octanol–water partition coefficient (Wildman–Crippen LogP) is 3.15. The monoisotopic (exact) mass is 292 g/mol. The summed E-state index contributed by atoms with van der Waals surface area (Å²) in [6, 6.07) is 6.67. The molecule has 0 heterocycles. The molecule has 118 valence electrons. The Morgan fingerprint density at radius 2 is 1.81 bits per heavy atom. The van der Waals surface area contributed by atoms with Gasteiger partial charge in [-0.05, 0) is 55.0 Å². The zero-order valence-corrected chi connectivity index (χ0v) is 13.6. The minimum absolute atomic E-state index is 0.0898. The largest absolute Gasteiger partial charge is 0.508 e. The summed E-state index contributed by atoms with van der Waals surface area (Å²) >= 11 is 0. The Kier molecular flexibility index (Phi) is 6.21. The lowest BCUT2D eigenvalue weighted by molar-refractivity contribution is -0.118. The summed E-state index contributed by atoms with van der Waals surface area (Å²) in [5.41, 5.74) is 6.64. The second-order valence-electron chi connectivity index (χ2n) is 6.65. The molecule has 0 aromatic heterocycles. The van der Waals surface area contributed by atoms with Gasteiger partial charge in [0.1, 0.15) is 5.75 Å². The number of benzene rings is 1. The number of rotatable bonds is 6.